The molecule has 2 N–H and O–H groups in total. The van der Waals surface area contributed by atoms with Gasteiger partial charge in [0.2, 0.25) is 0 Å². The summed E-state index contributed by atoms with van der Waals surface area (Å²) in [7, 11) is 0. The Labute approximate surface area is 119 Å². The molecule has 0 saturated carbocycles. The second-order valence-corrected chi connectivity index (χ2v) is 5.33. The molecule has 0 radical (unpaired) electrons. The first-order chi connectivity index (χ1) is 9.63. The molecule has 0 bridgehead atoms. The molecule has 1 spiro atoms. The lowest BCUT2D eigenvalue weighted by atomic mass is 9.88. The van der Waals surface area contributed by atoms with Gasteiger partial charge in [-0.1, -0.05) is 41.9 Å². The maximum atomic E-state index is 12.4. The van der Waals surface area contributed by atoms with Crippen molar-refractivity contribution in [2.24, 2.45) is 0 Å². The monoisotopic (exact) mass is 284 g/mol. The molecule has 1 heterocycles. The molecule has 1 saturated heterocycles. The molecule has 1 unspecified atom stereocenters. The second kappa shape index (κ2) is 3.61. The Hall–Kier alpha value is -2.33. The van der Waals surface area contributed by atoms with Crippen LogP contribution >= 0.6 is 11.6 Å². The third-order valence-electron chi connectivity index (χ3n) is 3.88. The molecule has 20 heavy (non-hydrogen) atoms. The first kappa shape index (κ1) is 11.5. The average Bonchev–Trinajstić information content (AvgIpc) is 2.88. The number of carbonyl (C=O) groups is 2. The predicted octanol–water partition coefficient (Wildman–Crippen LogP) is 2.40. The van der Waals surface area contributed by atoms with Gasteiger partial charge in [-0.15, -0.1) is 0 Å². The van der Waals surface area contributed by atoms with Crippen LogP contribution in [0.2, 0.25) is 5.02 Å². The SMILES string of the molecule is O=C1NC(=O)C2(N1)c1ccccc1-c1cc(Cl)ccc12. The van der Waals surface area contributed by atoms with Crippen LogP contribution in [0.3, 0.4) is 0 Å². The Morgan fingerprint density at radius 2 is 1.70 bits per heavy atom. The summed E-state index contributed by atoms with van der Waals surface area (Å²) in [5.74, 6) is -0.351. The maximum absolute atomic E-state index is 12.4. The fourth-order valence-electron chi connectivity index (χ4n) is 3.09. The molecule has 5 heteroatoms. The van der Waals surface area contributed by atoms with Gasteiger partial charge in [-0.05, 0) is 34.4 Å². The summed E-state index contributed by atoms with van der Waals surface area (Å²) < 4.78 is 0. The Balaban J connectivity index is 2.12. The van der Waals surface area contributed by atoms with Crippen LogP contribution < -0.4 is 10.6 Å². The minimum atomic E-state index is -1.13. The number of fused-ring (bicyclic) bond motifs is 5. The first-order valence-corrected chi connectivity index (χ1v) is 6.54. The Morgan fingerprint density at radius 1 is 0.950 bits per heavy atom. The van der Waals surface area contributed by atoms with Crippen LogP contribution in [-0.4, -0.2) is 11.9 Å². The number of imide groups is 1. The predicted molar refractivity (Wildman–Crippen MR) is 74.3 cm³/mol. The fraction of sp³-hybridized carbons (Fsp3) is 0.0667. The van der Waals surface area contributed by atoms with Crippen molar-refractivity contribution in [3.05, 3.63) is 58.6 Å². The van der Waals surface area contributed by atoms with E-state index >= 15 is 0 Å². The number of hydrogen-bond donors (Lipinski definition) is 2. The van der Waals surface area contributed by atoms with Gasteiger partial charge < -0.3 is 5.32 Å². The highest BCUT2D eigenvalue weighted by Crippen LogP contribution is 2.49. The summed E-state index contributed by atoms with van der Waals surface area (Å²) in [6.45, 7) is 0. The van der Waals surface area contributed by atoms with Crippen molar-refractivity contribution in [3.63, 3.8) is 0 Å². The number of nitrogens with one attached hydrogen (secondary N) is 2. The summed E-state index contributed by atoms with van der Waals surface area (Å²) in [6.07, 6.45) is 0. The third-order valence-corrected chi connectivity index (χ3v) is 4.11. The largest absolute Gasteiger partial charge is 0.322 e. The van der Waals surface area contributed by atoms with Crippen molar-refractivity contribution in [1.82, 2.24) is 10.6 Å². The Kier molecular flexibility index (Phi) is 2.07. The molecule has 2 aromatic carbocycles. The summed E-state index contributed by atoms with van der Waals surface area (Å²) in [5, 5.41) is 5.69. The summed E-state index contributed by atoms with van der Waals surface area (Å²) in [5.41, 5.74) is 2.20. The zero-order valence-corrected chi connectivity index (χ0v) is 11.0. The van der Waals surface area contributed by atoms with E-state index in [0.717, 1.165) is 22.3 Å². The summed E-state index contributed by atoms with van der Waals surface area (Å²) >= 11 is 6.06. The molecule has 98 valence electrons. The van der Waals surface area contributed by atoms with Crippen molar-refractivity contribution >= 4 is 23.5 Å². The number of hydrogen-bond acceptors (Lipinski definition) is 2. The van der Waals surface area contributed by atoms with Crippen LogP contribution in [-0.2, 0) is 10.3 Å². The molecule has 0 aromatic heterocycles. The van der Waals surface area contributed by atoms with Gasteiger partial charge in [0.05, 0.1) is 0 Å². The molecule has 1 atom stereocenters. The lowest BCUT2D eigenvalue weighted by Crippen LogP contribution is -2.43. The molecular formula is C15H9ClN2O2. The fourth-order valence-corrected chi connectivity index (χ4v) is 3.26. The van der Waals surface area contributed by atoms with Gasteiger partial charge >= 0.3 is 6.03 Å². The van der Waals surface area contributed by atoms with Crippen molar-refractivity contribution in [1.29, 1.82) is 0 Å². The molecule has 1 fully saturated rings. The number of amides is 3. The van der Waals surface area contributed by atoms with Gasteiger partial charge in [0.1, 0.15) is 0 Å². The summed E-state index contributed by atoms with van der Waals surface area (Å²) in [4.78, 5) is 24.0. The Morgan fingerprint density at radius 3 is 2.45 bits per heavy atom. The summed E-state index contributed by atoms with van der Waals surface area (Å²) in [6, 6.07) is 12.4. The van der Waals surface area contributed by atoms with Gasteiger partial charge in [-0.2, -0.15) is 0 Å². The zero-order chi connectivity index (χ0) is 13.9. The van der Waals surface area contributed by atoms with Crippen molar-refractivity contribution in [2.75, 3.05) is 0 Å². The molecule has 1 aliphatic carbocycles. The standard InChI is InChI=1S/C15H9ClN2O2/c16-8-5-6-12-10(7-8)9-3-1-2-4-11(9)15(12)13(19)17-14(20)18-15/h1-7H,(H2,17,18,19,20). The van der Waals surface area contributed by atoms with Crippen LogP contribution in [0.5, 0.6) is 0 Å². The van der Waals surface area contributed by atoms with E-state index in [2.05, 4.69) is 10.6 Å². The van der Waals surface area contributed by atoms with E-state index in [-0.39, 0.29) is 5.91 Å². The molecule has 3 amide bonds. The first-order valence-electron chi connectivity index (χ1n) is 6.16. The van der Waals surface area contributed by atoms with E-state index in [4.69, 9.17) is 11.6 Å². The lowest BCUT2D eigenvalue weighted by molar-refractivity contribution is -0.122. The van der Waals surface area contributed by atoms with E-state index in [0.29, 0.717) is 5.02 Å². The van der Waals surface area contributed by atoms with Crippen LogP contribution in [0.4, 0.5) is 4.79 Å². The lowest BCUT2D eigenvalue weighted by Gasteiger charge is -2.22. The highest BCUT2D eigenvalue weighted by Gasteiger charge is 2.54. The van der Waals surface area contributed by atoms with Gasteiger partial charge in [-0.3, -0.25) is 10.1 Å². The molecule has 2 aliphatic rings. The minimum Gasteiger partial charge on any atom is -0.316 e. The van der Waals surface area contributed by atoms with Crippen molar-refractivity contribution < 1.29 is 9.59 Å². The van der Waals surface area contributed by atoms with Crippen molar-refractivity contribution in [3.8, 4) is 11.1 Å². The van der Waals surface area contributed by atoms with Crippen LogP contribution in [0.1, 0.15) is 11.1 Å². The van der Waals surface area contributed by atoms with Crippen LogP contribution in [0.25, 0.3) is 11.1 Å². The highest BCUT2D eigenvalue weighted by molar-refractivity contribution is 6.31. The van der Waals surface area contributed by atoms with Gasteiger partial charge in [0.15, 0.2) is 5.54 Å². The molecule has 4 rings (SSSR count). The molecule has 1 aliphatic heterocycles. The number of rotatable bonds is 0. The van der Waals surface area contributed by atoms with E-state index in [9.17, 15) is 9.59 Å². The molecular weight excluding hydrogens is 276 g/mol. The molecule has 4 nitrogen and oxygen atoms in total. The van der Waals surface area contributed by atoms with E-state index in [1.807, 2.05) is 30.3 Å². The second-order valence-electron chi connectivity index (χ2n) is 4.89. The topological polar surface area (TPSA) is 58.2 Å². The maximum Gasteiger partial charge on any atom is 0.322 e. The van der Waals surface area contributed by atoms with Gasteiger partial charge in [0, 0.05) is 5.02 Å². The van der Waals surface area contributed by atoms with Crippen LogP contribution in [0.15, 0.2) is 42.5 Å². The number of carbonyl (C=O) groups excluding carboxylic acids is 2. The quantitative estimate of drug-likeness (QED) is 0.730. The van der Waals surface area contributed by atoms with Gasteiger partial charge in [0.25, 0.3) is 5.91 Å². The van der Waals surface area contributed by atoms with E-state index < -0.39 is 11.6 Å². The highest BCUT2D eigenvalue weighted by atomic mass is 35.5. The van der Waals surface area contributed by atoms with Gasteiger partial charge in [-0.25, -0.2) is 4.79 Å². The number of benzene rings is 2. The Bertz CT molecular complexity index is 787. The van der Waals surface area contributed by atoms with Crippen molar-refractivity contribution in [2.45, 2.75) is 5.54 Å². The average molecular weight is 285 g/mol. The minimum absolute atomic E-state index is 0.351. The van der Waals surface area contributed by atoms with E-state index in [1.165, 1.54) is 0 Å². The zero-order valence-electron chi connectivity index (χ0n) is 10.2. The smallest absolute Gasteiger partial charge is 0.316 e. The number of urea groups is 1. The van der Waals surface area contributed by atoms with Crippen LogP contribution in [0, 0.1) is 0 Å². The number of halogens is 1. The molecule has 2 aromatic rings. The normalized spacial score (nSPS) is 22.4. The third kappa shape index (κ3) is 1.22. The van der Waals surface area contributed by atoms with E-state index in [1.54, 1.807) is 12.1 Å².